The van der Waals surface area contributed by atoms with E-state index in [0.717, 1.165) is 16.5 Å². The lowest BCUT2D eigenvalue weighted by molar-refractivity contribution is 0.0520. The Kier molecular flexibility index (Phi) is 4.70. The highest BCUT2D eigenvalue weighted by Crippen LogP contribution is 2.33. The molecule has 0 radical (unpaired) electrons. The monoisotopic (exact) mass is 325 g/mol. The summed E-state index contributed by atoms with van der Waals surface area (Å²) in [5.41, 5.74) is 2.28. The van der Waals surface area contributed by atoms with Crippen molar-refractivity contribution in [2.45, 2.75) is 13.5 Å². The molecule has 1 aromatic heterocycles. The van der Waals surface area contributed by atoms with E-state index in [4.69, 9.17) is 14.2 Å². The number of hydrogen-bond acceptors (Lipinski definition) is 4. The number of benzene rings is 2. The Morgan fingerprint density at radius 3 is 2.58 bits per heavy atom. The number of carbonyl (C=O) groups excluding carboxylic acids is 1. The molecule has 5 nitrogen and oxygen atoms in total. The topological polar surface area (TPSA) is 60.6 Å². The average Bonchev–Trinajstić information content (AvgIpc) is 3.03. The van der Waals surface area contributed by atoms with Crippen LogP contribution >= 0.6 is 0 Å². The molecule has 0 aliphatic carbocycles. The summed E-state index contributed by atoms with van der Waals surface area (Å²) >= 11 is 0. The number of hydrogen-bond donors (Lipinski definition) is 1. The molecule has 2 aromatic carbocycles. The SMILES string of the molecule is CCOC(=O)c1cc2cc(OCc3ccccc3)c(OC)cc2[nH]1. The highest BCUT2D eigenvalue weighted by atomic mass is 16.5. The largest absolute Gasteiger partial charge is 0.493 e. The Morgan fingerprint density at radius 1 is 1.08 bits per heavy atom. The molecule has 0 aliphatic heterocycles. The zero-order chi connectivity index (χ0) is 16.9. The van der Waals surface area contributed by atoms with E-state index in [9.17, 15) is 4.79 Å². The molecule has 5 heteroatoms. The van der Waals surface area contributed by atoms with Gasteiger partial charge in [-0.25, -0.2) is 4.79 Å². The molecule has 0 spiro atoms. The standard InChI is InChI=1S/C19H19NO4/c1-3-23-19(21)16-9-14-10-18(17(22-2)11-15(14)20-16)24-12-13-7-5-4-6-8-13/h4-11,20H,3,12H2,1-2H3. The fraction of sp³-hybridized carbons (Fsp3) is 0.211. The minimum absolute atomic E-state index is 0.336. The van der Waals surface area contributed by atoms with Crippen LogP contribution in [0.5, 0.6) is 11.5 Å². The van der Waals surface area contributed by atoms with Crippen molar-refractivity contribution in [2.75, 3.05) is 13.7 Å². The number of ether oxygens (including phenoxy) is 3. The molecular weight excluding hydrogens is 306 g/mol. The van der Waals surface area contributed by atoms with E-state index in [-0.39, 0.29) is 5.97 Å². The first-order valence-electron chi connectivity index (χ1n) is 7.76. The first-order valence-corrected chi connectivity index (χ1v) is 7.76. The number of rotatable bonds is 6. The average molecular weight is 325 g/mol. The molecule has 0 fully saturated rings. The minimum Gasteiger partial charge on any atom is -0.493 e. The van der Waals surface area contributed by atoms with Crippen molar-refractivity contribution in [1.29, 1.82) is 0 Å². The van der Waals surface area contributed by atoms with Crippen LogP contribution in [0.25, 0.3) is 10.9 Å². The lowest BCUT2D eigenvalue weighted by Crippen LogP contribution is -2.04. The summed E-state index contributed by atoms with van der Waals surface area (Å²) in [6, 6.07) is 15.3. The lowest BCUT2D eigenvalue weighted by Gasteiger charge is -2.11. The molecule has 1 N–H and O–H groups in total. The van der Waals surface area contributed by atoms with Crippen molar-refractivity contribution >= 4 is 16.9 Å². The summed E-state index contributed by atoms with van der Waals surface area (Å²) in [6.07, 6.45) is 0. The van der Waals surface area contributed by atoms with Gasteiger partial charge in [0, 0.05) is 11.5 Å². The van der Waals surface area contributed by atoms with E-state index in [1.807, 2.05) is 42.5 Å². The van der Waals surface area contributed by atoms with Crippen LogP contribution in [-0.2, 0) is 11.3 Å². The predicted molar refractivity (Wildman–Crippen MR) is 91.6 cm³/mol. The van der Waals surface area contributed by atoms with Crippen molar-refractivity contribution < 1.29 is 19.0 Å². The van der Waals surface area contributed by atoms with Crippen LogP contribution in [0.2, 0.25) is 0 Å². The third-order valence-corrected chi connectivity index (χ3v) is 3.64. The Hall–Kier alpha value is -2.95. The molecule has 0 atom stereocenters. The second-order valence-electron chi connectivity index (χ2n) is 5.27. The molecule has 0 aliphatic rings. The predicted octanol–water partition coefficient (Wildman–Crippen LogP) is 3.93. The zero-order valence-corrected chi connectivity index (χ0v) is 13.7. The van der Waals surface area contributed by atoms with Gasteiger partial charge >= 0.3 is 5.97 Å². The molecule has 0 amide bonds. The van der Waals surface area contributed by atoms with Crippen molar-refractivity contribution in [1.82, 2.24) is 4.98 Å². The molecule has 0 unspecified atom stereocenters. The van der Waals surface area contributed by atoms with Gasteiger partial charge in [0.1, 0.15) is 12.3 Å². The number of carbonyl (C=O) groups is 1. The van der Waals surface area contributed by atoms with Crippen LogP contribution in [0.1, 0.15) is 23.0 Å². The first kappa shape index (κ1) is 15.9. The number of nitrogens with one attached hydrogen (secondary N) is 1. The fourth-order valence-electron chi connectivity index (χ4n) is 2.47. The number of aromatic nitrogens is 1. The Balaban J connectivity index is 1.88. The summed E-state index contributed by atoms with van der Waals surface area (Å²) in [5, 5.41) is 0.863. The van der Waals surface area contributed by atoms with Gasteiger partial charge in [-0.3, -0.25) is 0 Å². The van der Waals surface area contributed by atoms with Gasteiger partial charge in [0.05, 0.1) is 19.2 Å². The van der Waals surface area contributed by atoms with Crippen molar-refractivity contribution in [2.24, 2.45) is 0 Å². The van der Waals surface area contributed by atoms with Gasteiger partial charge in [-0.05, 0) is 24.6 Å². The van der Waals surface area contributed by atoms with Crippen LogP contribution in [0.4, 0.5) is 0 Å². The number of esters is 1. The third kappa shape index (κ3) is 3.35. The second kappa shape index (κ2) is 7.08. The summed E-state index contributed by atoms with van der Waals surface area (Å²) in [6.45, 7) is 2.56. The summed E-state index contributed by atoms with van der Waals surface area (Å²) < 4.78 is 16.3. The number of H-pyrrole nitrogens is 1. The Bertz CT molecular complexity index is 839. The second-order valence-corrected chi connectivity index (χ2v) is 5.27. The summed E-state index contributed by atoms with van der Waals surface area (Å²) in [5.74, 6) is 0.860. The van der Waals surface area contributed by atoms with Crippen LogP contribution in [0.15, 0.2) is 48.5 Å². The summed E-state index contributed by atoms with van der Waals surface area (Å²) in [4.78, 5) is 14.9. The number of aromatic amines is 1. The molecule has 3 aromatic rings. The van der Waals surface area contributed by atoms with Crippen molar-refractivity contribution in [3.05, 3.63) is 59.8 Å². The fourth-order valence-corrected chi connectivity index (χ4v) is 2.47. The van der Waals surface area contributed by atoms with Gasteiger partial charge in [-0.1, -0.05) is 30.3 Å². The van der Waals surface area contributed by atoms with Gasteiger partial charge in [0.2, 0.25) is 0 Å². The van der Waals surface area contributed by atoms with Crippen molar-refractivity contribution in [3.8, 4) is 11.5 Å². The number of fused-ring (bicyclic) bond motifs is 1. The first-order chi connectivity index (χ1) is 11.7. The maximum absolute atomic E-state index is 11.8. The van der Waals surface area contributed by atoms with Crippen LogP contribution < -0.4 is 9.47 Å². The van der Waals surface area contributed by atoms with Gasteiger partial charge in [0.25, 0.3) is 0 Å². The Morgan fingerprint density at radius 2 is 1.88 bits per heavy atom. The van der Waals surface area contributed by atoms with Gasteiger partial charge in [-0.15, -0.1) is 0 Å². The van der Waals surface area contributed by atoms with Gasteiger partial charge < -0.3 is 19.2 Å². The molecule has 0 saturated carbocycles. The van der Waals surface area contributed by atoms with E-state index in [1.165, 1.54) is 0 Å². The van der Waals surface area contributed by atoms with Crippen LogP contribution in [-0.4, -0.2) is 24.7 Å². The molecule has 0 bridgehead atoms. The minimum atomic E-state index is -0.376. The smallest absolute Gasteiger partial charge is 0.354 e. The normalized spacial score (nSPS) is 10.6. The van der Waals surface area contributed by atoms with E-state index in [0.29, 0.717) is 30.4 Å². The number of methoxy groups -OCH3 is 1. The van der Waals surface area contributed by atoms with Gasteiger partial charge in [-0.2, -0.15) is 0 Å². The van der Waals surface area contributed by atoms with Crippen molar-refractivity contribution in [3.63, 3.8) is 0 Å². The Labute approximate surface area is 140 Å². The molecule has 0 saturated heterocycles. The maximum Gasteiger partial charge on any atom is 0.354 e. The van der Waals surface area contributed by atoms with E-state index >= 15 is 0 Å². The highest BCUT2D eigenvalue weighted by Gasteiger charge is 2.14. The molecular formula is C19H19NO4. The quantitative estimate of drug-likeness (QED) is 0.698. The summed E-state index contributed by atoms with van der Waals surface area (Å²) in [7, 11) is 1.59. The van der Waals surface area contributed by atoms with E-state index in [2.05, 4.69) is 4.98 Å². The van der Waals surface area contributed by atoms with E-state index < -0.39 is 0 Å². The highest BCUT2D eigenvalue weighted by molar-refractivity contribution is 5.95. The van der Waals surface area contributed by atoms with Crippen LogP contribution in [0.3, 0.4) is 0 Å². The lowest BCUT2D eigenvalue weighted by atomic mass is 10.2. The maximum atomic E-state index is 11.8. The van der Waals surface area contributed by atoms with Crippen LogP contribution in [0, 0.1) is 0 Å². The molecule has 1 heterocycles. The van der Waals surface area contributed by atoms with Gasteiger partial charge in [0.15, 0.2) is 11.5 Å². The third-order valence-electron chi connectivity index (χ3n) is 3.64. The molecule has 24 heavy (non-hydrogen) atoms. The molecule has 3 rings (SSSR count). The van der Waals surface area contributed by atoms with E-state index in [1.54, 1.807) is 20.1 Å². The molecule has 124 valence electrons. The zero-order valence-electron chi connectivity index (χ0n) is 13.7.